The minimum atomic E-state index is -4.76. The van der Waals surface area contributed by atoms with E-state index in [4.69, 9.17) is 10.5 Å². The van der Waals surface area contributed by atoms with Crippen molar-refractivity contribution in [3.05, 3.63) is 24.3 Å². The van der Waals surface area contributed by atoms with Crippen LogP contribution in [0.4, 0.5) is 18.9 Å². The first kappa shape index (κ1) is 16.4. The normalized spacial score (nSPS) is 19.8. The fourth-order valence-corrected chi connectivity index (χ4v) is 2.14. The summed E-state index contributed by atoms with van der Waals surface area (Å²) in [6.45, 7) is 1.86. The Morgan fingerprint density at radius 2 is 2.18 bits per heavy atom. The Bertz CT molecular complexity index is 514. The Morgan fingerprint density at radius 1 is 1.41 bits per heavy atom. The molecule has 0 amide bonds. The number of hydrogen-bond acceptors (Lipinski definition) is 3. The highest BCUT2D eigenvalue weighted by atomic mass is 19.4. The highest BCUT2D eigenvalue weighted by Crippen LogP contribution is 2.29. The van der Waals surface area contributed by atoms with Gasteiger partial charge in [0.05, 0.1) is 12.3 Å². The number of nitrogens with zero attached hydrogens (tertiary/aromatic N) is 1. The summed E-state index contributed by atoms with van der Waals surface area (Å²) < 4.78 is 46.2. The number of alkyl halides is 3. The quantitative estimate of drug-likeness (QED) is 0.662. The molecule has 0 saturated carbocycles. The Hall–Kier alpha value is -1.96. The second kappa shape index (κ2) is 7.35. The Labute approximate surface area is 126 Å². The second-order valence-electron chi connectivity index (χ2n) is 4.98. The third-order valence-electron chi connectivity index (χ3n) is 3.15. The third-order valence-corrected chi connectivity index (χ3v) is 3.15. The van der Waals surface area contributed by atoms with E-state index in [1.54, 1.807) is 6.07 Å². The summed E-state index contributed by atoms with van der Waals surface area (Å²) in [6.07, 6.45) is -2.77. The van der Waals surface area contributed by atoms with Crippen LogP contribution in [0.3, 0.4) is 0 Å². The van der Waals surface area contributed by atoms with E-state index >= 15 is 0 Å². The van der Waals surface area contributed by atoms with Crippen LogP contribution in [-0.4, -0.2) is 32.1 Å². The fourth-order valence-electron chi connectivity index (χ4n) is 2.14. The van der Waals surface area contributed by atoms with Gasteiger partial charge in [0.1, 0.15) is 0 Å². The molecular formula is C14H18F3N3O2. The lowest BCUT2D eigenvalue weighted by molar-refractivity contribution is -0.274. The molecule has 0 spiro atoms. The van der Waals surface area contributed by atoms with Gasteiger partial charge in [-0.2, -0.15) is 0 Å². The largest absolute Gasteiger partial charge is 0.573 e. The van der Waals surface area contributed by atoms with E-state index in [1.165, 1.54) is 18.2 Å². The average Bonchev–Trinajstić information content (AvgIpc) is 2.47. The standard InChI is InChI=1S/C14H18F3N3O2/c15-14(16,17)22-12-6-2-1-5-11(12)20-13(18)19-8-10-4-3-7-21-9-10/h1-2,5-6,10H,3-4,7-9H2,(H3,18,19,20). The molecule has 5 nitrogen and oxygen atoms in total. The van der Waals surface area contributed by atoms with E-state index in [-0.39, 0.29) is 23.3 Å². The molecule has 3 N–H and O–H groups in total. The maximum Gasteiger partial charge on any atom is 0.573 e. The van der Waals surface area contributed by atoms with E-state index in [0.29, 0.717) is 13.2 Å². The zero-order chi connectivity index (χ0) is 16.0. The van der Waals surface area contributed by atoms with Crippen LogP contribution in [0.25, 0.3) is 0 Å². The van der Waals surface area contributed by atoms with Crippen LogP contribution >= 0.6 is 0 Å². The van der Waals surface area contributed by atoms with E-state index in [0.717, 1.165) is 19.4 Å². The number of para-hydroxylation sites is 2. The highest BCUT2D eigenvalue weighted by molar-refractivity contribution is 5.93. The number of guanidine groups is 1. The Morgan fingerprint density at radius 3 is 2.86 bits per heavy atom. The number of hydrogen-bond donors (Lipinski definition) is 2. The van der Waals surface area contributed by atoms with Crippen LogP contribution < -0.4 is 15.8 Å². The number of rotatable bonds is 4. The van der Waals surface area contributed by atoms with Gasteiger partial charge in [-0.15, -0.1) is 13.2 Å². The molecule has 0 aliphatic carbocycles. The minimum absolute atomic E-state index is 0.0452. The molecule has 1 aliphatic rings. The van der Waals surface area contributed by atoms with E-state index in [1.807, 2.05) is 0 Å². The Kier molecular flexibility index (Phi) is 5.48. The van der Waals surface area contributed by atoms with Gasteiger partial charge in [0.25, 0.3) is 0 Å². The smallest absolute Gasteiger partial charge is 0.404 e. The summed E-state index contributed by atoms with van der Waals surface area (Å²) in [5.41, 5.74) is 5.83. The van der Waals surface area contributed by atoms with Crippen LogP contribution in [-0.2, 0) is 4.74 Å². The van der Waals surface area contributed by atoms with Crippen LogP contribution in [0.15, 0.2) is 29.3 Å². The lowest BCUT2D eigenvalue weighted by Crippen LogP contribution is -2.27. The van der Waals surface area contributed by atoms with Gasteiger partial charge in [-0.3, -0.25) is 4.99 Å². The summed E-state index contributed by atoms with van der Waals surface area (Å²) in [6, 6.07) is 5.66. The van der Waals surface area contributed by atoms with Gasteiger partial charge in [-0.05, 0) is 25.0 Å². The number of ether oxygens (including phenoxy) is 2. The van der Waals surface area contributed by atoms with E-state index in [9.17, 15) is 13.2 Å². The van der Waals surface area contributed by atoms with Crippen molar-refractivity contribution in [2.24, 2.45) is 16.6 Å². The lowest BCUT2D eigenvalue weighted by atomic mass is 10.0. The van der Waals surface area contributed by atoms with Crippen molar-refractivity contribution < 1.29 is 22.6 Å². The number of benzene rings is 1. The van der Waals surface area contributed by atoms with E-state index in [2.05, 4.69) is 15.0 Å². The molecule has 1 saturated heterocycles. The number of nitrogens with two attached hydrogens (primary N) is 1. The van der Waals surface area contributed by atoms with Crippen molar-refractivity contribution in [3.8, 4) is 5.75 Å². The molecule has 1 aliphatic heterocycles. The molecule has 2 rings (SSSR count). The van der Waals surface area contributed by atoms with Crippen LogP contribution in [0, 0.1) is 5.92 Å². The van der Waals surface area contributed by atoms with Crippen molar-refractivity contribution >= 4 is 11.6 Å². The number of halogens is 3. The zero-order valence-corrected chi connectivity index (χ0v) is 11.9. The molecule has 122 valence electrons. The van der Waals surface area contributed by atoms with Crippen LogP contribution in [0.5, 0.6) is 5.75 Å². The van der Waals surface area contributed by atoms with Gasteiger partial charge in [0.15, 0.2) is 11.7 Å². The van der Waals surface area contributed by atoms with Gasteiger partial charge in [-0.1, -0.05) is 12.1 Å². The number of anilines is 1. The monoisotopic (exact) mass is 317 g/mol. The topological polar surface area (TPSA) is 68.9 Å². The van der Waals surface area contributed by atoms with Gasteiger partial charge in [-0.25, -0.2) is 0 Å². The van der Waals surface area contributed by atoms with Crippen molar-refractivity contribution in [2.75, 3.05) is 25.1 Å². The molecule has 1 unspecified atom stereocenters. The third kappa shape index (κ3) is 5.44. The Balaban J connectivity index is 1.97. The van der Waals surface area contributed by atoms with Crippen molar-refractivity contribution in [1.82, 2.24) is 0 Å². The number of aliphatic imine (C=N–C) groups is 1. The van der Waals surface area contributed by atoms with Crippen molar-refractivity contribution in [1.29, 1.82) is 0 Å². The maximum atomic E-state index is 12.3. The van der Waals surface area contributed by atoms with Gasteiger partial charge < -0.3 is 20.5 Å². The predicted molar refractivity (Wildman–Crippen MR) is 76.8 cm³/mol. The number of nitrogens with one attached hydrogen (secondary N) is 1. The molecule has 1 aromatic rings. The van der Waals surface area contributed by atoms with Crippen molar-refractivity contribution in [3.63, 3.8) is 0 Å². The first-order chi connectivity index (χ1) is 10.4. The van der Waals surface area contributed by atoms with E-state index < -0.39 is 6.36 Å². The second-order valence-corrected chi connectivity index (χ2v) is 4.98. The van der Waals surface area contributed by atoms with Crippen LogP contribution in [0.1, 0.15) is 12.8 Å². The lowest BCUT2D eigenvalue weighted by Gasteiger charge is -2.20. The molecule has 0 radical (unpaired) electrons. The predicted octanol–water partition coefficient (Wildman–Crippen LogP) is 2.74. The molecule has 22 heavy (non-hydrogen) atoms. The molecule has 1 fully saturated rings. The average molecular weight is 317 g/mol. The molecule has 0 aromatic heterocycles. The van der Waals surface area contributed by atoms with Crippen molar-refractivity contribution in [2.45, 2.75) is 19.2 Å². The first-order valence-corrected chi connectivity index (χ1v) is 6.93. The van der Waals surface area contributed by atoms with Gasteiger partial charge in [0.2, 0.25) is 0 Å². The molecule has 1 aromatic carbocycles. The first-order valence-electron chi connectivity index (χ1n) is 6.93. The summed E-state index contributed by atoms with van der Waals surface area (Å²) in [5, 5.41) is 2.63. The zero-order valence-electron chi connectivity index (χ0n) is 11.9. The molecule has 1 atom stereocenters. The van der Waals surface area contributed by atoms with Gasteiger partial charge in [0, 0.05) is 19.1 Å². The SMILES string of the molecule is NC(=NCC1CCCOC1)Nc1ccccc1OC(F)(F)F. The summed E-state index contributed by atoms with van der Waals surface area (Å²) in [4.78, 5) is 4.15. The molecule has 8 heteroatoms. The fraction of sp³-hybridized carbons (Fsp3) is 0.500. The molecular weight excluding hydrogens is 299 g/mol. The maximum absolute atomic E-state index is 12.3. The summed E-state index contributed by atoms with van der Waals surface area (Å²) in [5.74, 6) is -0.0197. The van der Waals surface area contributed by atoms with Gasteiger partial charge >= 0.3 is 6.36 Å². The highest BCUT2D eigenvalue weighted by Gasteiger charge is 2.32. The minimum Gasteiger partial charge on any atom is -0.404 e. The molecule has 0 bridgehead atoms. The summed E-state index contributed by atoms with van der Waals surface area (Å²) >= 11 is 0. The van der Waals surface area contributed by atoms with Crippen LogP contribution in [0.2, 0.25) is 0 Å². The summed E-state index contributed by atoms with van der Waals surface area (Å²) in [7, 11) is 0. The molecule has 1 heterocycles.